The Morgan fingerprint density at radius 3 is 2.03 bits per heavy atom. The Morgan fingerprint density at radius 1 is 1.00 bits per heavy atom. The normalized spacial score (nSPS) is 11.0. The van der Waals surface area contributed by atoms with Crippen molar-refractivity contribution in [1.29, 1.82) is 0 Å². The van der Waals surface area contributed by atoms with Crippen molar-refractivity contribution >= 4 is 29.2 Å². The van der Waals surface area contributed by atoms with Crippen molar-refractivity contribution in [2.75, 3.05) is 0 Å². The standard InChI is InChI=1S/C23H21Cl2NO3/c1-5-26-14(4)18(16-10-12(2)20(25)13(3)11-16)22(27)19(23(28)29)21(26)15-6-8-17(24)9-7-15/h6-11H,5H2,1-4H3,(H,28,29). The Kier molecular flexibility index (Phi) is 5.87. The fraction of sp³-hybridized carbons (Fsp3) is 0.217. The third-order valence-corrected chi connectivity index (χ3v) is 5.95. The molecule has 0 fully saturated rings. The maximum absolute atomic E-state index is 13.4. The molecule has 1 N–H and O–H groups in total. The predicted octanol–water partition coefficient (Wildman–Crippen LogP) is 6.13. The first-order chi connectivity index (χ1) is 13.7. The largest absolute Gasteiger partial charge is 0.477 e. The van der Waals surface area contributed by atoms with E-state index >= 15 is 0 Å². The number of aromatic nitrogens is 1. The highest BCUT2D eigenvalue weighted by Crippen LogP contribution is 2.32. The van der Waals surface area contributed by atoms with Gasteiger partial charge in [-0.2, -0.15) is 0 Å². The highest BCUT2D eigenvalue weighted by molar-refractivity contribution is 6.32. The molecule has 1 aromatic heterocycles. The number of carbonyl (C=O) groups is 1. The molecular formula is C23H21Cl2NO3. The molecule has 0 amide bonds. The van der Waals surface area contributed by atoms with Crippen LogP contribution in [0.2, 0.25) is 10.0 Å². The summed E-state index contributed by atoms with van der Waals surface area (Å²) in [5.74, 6) is -1.26. The van der Waals surface area contributed by atoms with Crippen LogP contribution in [0.1, 0.15) is 34.1 Å². The van der Waals surface area contributed by atoms with Crippen molar-refractivity contribution in [3.05, 3.63) is 79.1 Å². The molecule has 0 bridgehead atoms. The Hall–Kier alpha value is -2.56. The molecule has 4 nitrogen and oxygen atoms in total. The molecule has 0 aliphatic rings. The minimum Gasteiger partial charge on any atom is -0.477 e. The smallest absolute Gasteiger partial charge is 0.341 e. The summed E-state index contributed by atoms with van der Waals surface area (Å²) in [7, 11) is 0. The maximum Gasteiger partial charge on any atom is 0.341 e. The van der Waals surface area contributed by atoms with Gasteiger partial charge in [0.25, 0.3) is 0 Å². The lowest BCUT2D eigenvalue weighted by Gasteiger charge is -2.21. The van der Waals surface area contributed by atoms with E-state index in [0.29, 0.717) is 44.7 Å². The second kappa shape index (κ2) is 8.05. The highest BCUT2D eigenvalue weighted by Gasteiger charge is 2.25. The van der Waals surface area contributed by atoms with Crippen LogP contribution in [0.4, 0.5) is 0 Å². The molecule has 3 rings (SSSR count). The number of carboxylic acids is 1. The van der Waals surface area contributed by atoms with E-state index in [1.54, 1.807) is 24.3 Å². The van der Waals surface area contributed by atoms with Gasteiger partial charge in [0.1, 0.15) is 5.56 Å². The highest BCUT2D eigenvalue weighted by atomic mass is 35.5. The average molecular weight is 430 g/mol. The quantitative estimate of drug-likeness (QED) is 0.542. The first-order valence-electron chi connectivity index (χ1n) is 9.21. The lowest BCUT2D eigenvalue weighted by Crippen LogP contribution is -2.25. The first-order valence-corrected chi connectivity index (χ1v) is 9.96. The van der Waals surface area contributed by atoms with Gasteiger partial charge in [0.15, 0.2) is 0 Å². The van der Waals surface area contributed by atoms with Crippen molar-refractivity contribution in [2.24, 2.45) is 0 Å². The number of pyridine rings is 1. The Bertz CT molecular complexity index is 1160. The number of hydrogen-bond acceptors (Lipinski definition) is 2. The molecule has 0 unspecified atom stereocenters. The van der Waals surface area contributed by atoms with Crippen LogP contribution in [0.5, 0.6) is 0 Å². The summed E-state index contributed by atoms with van der Waals surface area (Å²) in [4.78, 5) is 25.6. The van der Waals surface area contributed by atoms with E-state index < -0.39 is 11.4 Å². The summed E-state index contributed by atoms with van der Waals surface area (Å²) in [6, 6.07) is 10.5. The van der Waals surface area contributed by atoms with E-state index in [4.69, 9.17) is 23.2 Å². The van der Waals surface area contributed by atoms with Gasteiger partial charge in [-0.3, -0.25) is 4.79 Å². The van der Waals surface area contributed by atoms with Crippen molar-refractivity contribution in [2.45, 2.75) is 34.2 Å². The number of halogens is 2. The summed E-state index contributed by atoms with van der Waals surface area (Å²) in [5.41, 5.74) is 3.67. The molecular weight excluding hydrogens is 409 g/mol. The number of aryl methyl sites for hydroxylation is 2. The van der Waals surface area contributed by atoms with Gasteiger partial charge in [-0.05, 0) is 74.2 Å². The monoisotopic (exact) mass is 429 g/mol. The van der Waals surface area contributed by atoms with Crippen LogP contribution < -0.4 is 5.43 Å². The zero-order chi connectivity index (χ0) is 21.5. The van der Waals surface area contributed by atoms with E-state index in [2.05, 4.69) is 0 Å². The SMILES string of the molecule is CCn1c(C)c(-c2cc(C)c(Cl)c(C)c2)c(=O)c(C(=O)O)c1-c1ccc(Cl)cc1. The molecule has 1 heterocycles. The molecule has 0 aliphatic carbocycles. The van der Waals surface area contributed by atoms with E-state index in [9.17, 15) is 14.7 Å². The van der Waals surface area contributed by atoms with Crippen LogP contribution in [-0.2, 0) is 6.54 Å². The maximum atomic E-state index is 13.4. The average Bonchev–Trinajstić information content (AvgIpc) is 2.66. The number of benzene rings is 2. The van der Waals surface area contributed by atoms with E-state index in [1.165, 1.54) is 0 Å². The van der Waals surface area contributed by atoms with Crippen molar-refractivity contribution in [3.8, 4) is 22.4 Å². The van der Waals surface area contributed by atoms with Crippen LogP contribution in [0.3, 0.4) is 0 Å². The molecule has 0 saturated heterocycles. The van der Waals surface area contributed by atoms with E-state index in [1.807, 2.05) is 44.4 Å². The number of hydrogen-bond donors (Lipinski definition) is 1. The van der Waals surface area contributed by atoms with Crippen molar-refractivity contribution in [1.82, 2.24) is 4.57 Å². The fourth-order valence-electron chi connectivity index (χ4n) is 3.77. The number of carboxylic acid groups (broad SMARTS) is 1. The summed E-state index contributed by atoms with van der Waals surface area (Å²) in [5, 5.41) is 11.1. The Labute approximate surface area is 179 Å². The van der Waals surface area contributed by atoms with Crippen molar-refractivity contribution in [3.63, 3.8) is 0 Å². The zero-order valence-electron chi connectivity index (χ0n) is 16.6. The minimum atomic E-state index is -1.26. The molecule has 0 aliphatic heterocycles. The lowest BCUT2D eigenvalue weighted by atomic mass is 9.94. The molecule has 150 valence electrons. The molecule has 0 atom stereocenters. The fourth-order valence-corrected chi connectivity index (χ4v) is 4.00. The molecule has 0 spiro atoms. The summed E-state index contributed by atoms with van der Waals surface area (Å²) >= 11 is 12.3. The van der Waals surface area contributed by atoms with Gasteiger partial charge < -0.3 is 9.67 Å². The first kappa shape index (κ1) is 21.2. The number of nitrogens with zero attached hydrogens (tertiary/aromatic N) is 1. The summed E-state index contributed by atoms with van der Waals surface area (Å²) in [6.45, 7) is 8.00. The van der Waals surface area contributed by atoms with E-state index in [0.717, 1.165) is 11.1 Å². The number of aromatic carboxylic acids is 1. The van der Waals surface area contributed by atoms with Crippen LogP contribution >= 0.6 is 23.2 Å². The molecule has 0 saturated carbocycles. The van der Waals surface area contributed by atoms with Crippen molar-refractivity contribution < 1.29 is 9.90 Å². The molecule has 3 aromatic rings. The van der Waals surface area contributed by atoms with Crippen LogP contribution in [0, 0.1) is 20.8 Å². The minimum absolute atomic E-state index is 0.250. The van der Waals surface area contributed by atoms with Gasteiger partial charge in [0.05, 0.1) is 5.69 Å². The van der Waals surface area contributed by atoms with Crippen LogP contribution in [0.15, 0.2) is 41.2 Å². The third kappa shape index (κ3) is 3.70. The van der Waals surface area contributed by atoms with Gasteiger partial charge >= 0.3 is 5.97 Å². The summed E-state index contributed by atoms with van der Waals surface area (Å²) < 4.78 is 1.86. The van der Waals surface area contributed by atoms with Gasteiger partial charge in [-0.1, -0.05) is 35.3 Å². The Balaban J connectivity index is 2.46. The van der Waals surface area contributed by atoms with Gasteiger partial charge in [-0.25, -0.2) is 4.79 Å². The van der Waals surface area contributed by atoms with Gasteiger partial charge in [0, 0.05) is 27.8 Å². The van der Waals surface area contributed by atoms with Crippen LogP contribution in [-0.4, -0.2) is 15.6 Å². The second-order valence-electron chi connectivity index (χ2n) is 6.99. The topological polar surface area (TPSA) is 59.3 Å². The summed E-state index contributed by atoms with van der Waals surface area (Å²) in [6.07, 6.45) is 0. The lowest BCUT2D eigenvalue weighted by molar-refractivity contribution is 0.0695. The van der Waals surface area contributed by atoms with Gasteiger partial charge in [-0.15, -0.1) is 0 Å². The third-order valence-electron chi connectivity index (χ3n) is 5.10. The molecule has 29 heavy (non-hydrogen) atoms. The molecule has 2 aromatic carbocycles. The van der Waals surface area contributed by atoms with Crippen LogP contribution in [0.25, 0.3) is 22.4 Å². The zero-order valence-corrected chi connectivity index (χ0v) is 18.1. The van der Waals surface area contributed by atoms with E-state index in [-0.39, 0.29) is 5.56 Å². The number of rotatable bonds is 4. The second-order valence-corrected chi connectivity index (χ2v) is 7.81. The van der Waals surface area contributed by atoms with Gasteiger partial charge in [0.2, 0.25) is 5.43 Å². The molecule has 0 radical (unpaired) electrons. The Morgan fingerprint density at radius 2 is 1.55 bits per heavy atom. The molecule has 6 heteroatoms. The predicted molar refractivity (Wildman–Crippen MR) is 118 cm³/mol.